The average molecular weight is 434 g/mol. The van der Waals surface area contributed by atoms with Gasteiger partial charge in [0.15, 0.2) is 0 Å². The lowest BCUT2D eigenvalue weighted by Gasteiger charge is -2.33. The number of aromatic nitrogens is 2. The molecule has 0 saturated carbocycles. The summed E-state index contributed by atoms with van der Waals surface area (Å²) in [7, 11) is 3.92. The second-order valence-corrected chi connectivity index (χ2v) is 7.67. The van der Waals surface area contributed by atoms with Crippen LogP contribution in [-0.2, 0) is 9.59 Å². The van der Waals surface area contributed by atoms with Gasteiger partial charge < -0.3 is 20.0 Å². The molecule has 30 heavy (non-hydrogen) atoms. The van der Waals surface area contributed by atoms with E-state index < -0.39 is 18.1 Å². The van der Waals surface area contributed by atoms with Crippen molar-refractivity contribution in [2.45, 2.75) is 51.6 Å². The van der Waals surface area contributed by atoms with Crippen LogP contribution in [0.25, 0.3) is 0 Å². The Morgan fingerprint density at radius 1 is 1.20 bits per heavy atom. The van der Waals surface area contributed by atoms with Crippen LogP contribution in [0.3, 0.4) is 0 Å². The number of alkyl halides is 3. The van der Waals surface area contributed by atoms with Crippen LogP contribution in [0.1, 0.15) is 51.1 Å². The number of hydrogen-bond acceptors (Lipinski definition) is 6. The Morgan fingerprint density at radius 2 is 1.73 bits per heavy atom. The van der Waals surface area contributed by atoms with Crippen LogP contribution in [0.2, 0.25) is 0 Å². The molecule has 1 aromatic rings. The lowest BCUT2D eigenvalue weighted by Crippen LogP contribution is -2.35. The standard InChI is InChI=1S/C17H28N4O2.C2HF3O2/c1-12(2)14-11-15(19-17(18-14)20(3)4)21-9-7-13(8-10-21)5-6-16(22)23;3-2(4,5)1(6)7/h11-13H,5-10H2,1-4H3,(H,22,23);(H,6,7). The van der Waals surface area contributed by atoms with E-state index in [4.69, 9.17) is 15.0 Å². The first-order valence-corrected chi connectivity index (χ1v) is 9.64. The average Bonchev–Trinajstić information content (AvgIpc) is 2.66. The third-order valence-corrected chi connectivity index (χ3v) is 4.66. The Labute approximate surface area is 173 Å². The van der Waals surface area contributed by atoms with Gasteiger partial charge in [0.25, 0.3) is 0 Å². The lowest BCUT2D eigenvalue weighted by atomic mass is 9.92. The molecular weight excluding hydrogens is 405 g/mol. The molecule has 170 valence electrons. The van der Waals surface area contributed by atoms with Crippen LogP contribution >= 0.6 is 0 Å². The van der Waals surface area contributed by atoms with Crippen molar-refractivity contribution >= 4 is 23.7 Å². The van der Waals surface area contributed by atoms with Crippen molar-refractivity contribution in [3.05, 3.63) is 11.8 Å². The van der Waals surface area contributed by atoms with E-state index in [0.29, 0.717) is 11.8 Å². The van der Waals surface area contributed by atoms with E-state index in [0.717, 1.165) is 49.8 Å². The summed E-state index contributed by atoms with van der Waals surface area (Å²) in [4.78, 5) is 33.1. The highest BCUT2D eigenvalue weighted by Crippen LogP contribution is 2.27. The molecule has 0 aliphatic carbocycles. The van der Waals surface area contributed by atoms with Crippen LogP contribution in [0.4, 0.5) is 24.9 Å². The molecule has 1 aromatic heterocycles. The van der Waals surface area contributed by atoms with E-state index >= 15 is 0 Å². The molecule has 11 heteroatoms. The Morgan fingerprint density at radius 3 is 2.13 bits per heavy atom. The molecule has 2 rings (SSSR count). The highest BCUT2D eigenvalue weighted by Gasteiger charge is 2.38. The maximum Gasteiger partial charge on any atom is 0.490 e. The van der Waals surface area contributed by atoms with Crippen LogP contribution in [0, 0.1) is 5.92 Å². The van der Waals surface area contributed by atoms with Gasteiger partial charge in [-0.3, -0.25) is 4.79 Å². The van der Waals surface area contributed by atoms with Gasteiger partial charge in [0.2, 0.25) is 5.95 Å². The summed E-state index contributed by atoms with van der Waals surface area (Å²) < 4.78 is 31.7. The van der Waals surface area contributed by atoms with Gasteiger partial charge in [0.1, 0.15) is 5.82 Å². The van der Waals surface area contributed by atoms with Crippen molar-refractivity contribution in [1.29, 1.82) is 0 Å². The molecule has 0 amide bonds. The van der Waals surface area contributed by atoms with Crippen molar-refractivity contribution in [3.63, 3.8) is 0 Å². The minimum atomic E-state index is -5.08. The SMILES string of the molecule is CC(C)c1cc(N2CCC(CCC(=O)O)CC2)nc(N(C)C)n1.O=C(O)C(F)(F)F. The molecule has 2 heterocycles. The molecule has 1 fully saturated rings. The molecule has 1 aliphatic rings. The fraction of sp³-hybridized carbons (Fsp3) is 0.684. The number of nitrogens with zero attached hydrogens (tertiary/aromatic N) is 4. The molecule has 1 saturated heterocycles. The van der Waals surface area contributed by atoms with E-state index in [9.17, 15) is 18.0 Å². The summed E-state index contributed by atoms with van der Waals surface area (Å²) in [6.45, 7) is 6.16. The zero-order valence-corrected chi connectivity index (χ0v) is 17.6. The third-order valence-electron chi connectivity index (χ3n) is 4.66. The Hall–Kier alpha value is -2.59. The van der Waals surface area contributed by atoms with Crippen LogP contribution < -0.4 is 9.80 Å². The Bertz CT molecular complexity index is 692. The minimum absolute atomic E-state index is 0.278. The van der Waals surface area contributed by atoms with E-state index in [1.807, 2.05) is 19.0 Å². The molecule has 0 bridgehead atoms. The number of halogens is 3. The van der Waals surface area contributed by atoms with Gasteiger partial charge in [-0.2, -0.15) is 18.2 Å². The molecule has 0 unspecified atom stereocenters. The van der Waals surface area contributed by atoms with Crippen LogP contribution in [-0.4, -0.2) is 65.5 Å². The number of hydrogen-bond donors (Lipinski definition) is 2. The van der Waals surface area contributed by atoms with Gasteiger partial charge in [-0.05, 0) is 31.1 Å². The van der Waals surface area contributed by atoms with Crippen LogP contribution in [0.5, 0.6) is 0 Å². The smallest absolute Gasteiger partial charge is 0.481 e. The van der Waals surface area contributed by atoms with Crippen molar-refractivity contribution in [3.8, 4) is 0 Å². The zero-order chi connectivity index (χ0) is 23.1. The number of aliphatic carboxylic acids is 2. The van der Waals surface area contributed by atoms with Crippen LogP contribution in [0.15, 0.2) is 6.07 Å². The maximum absolute atomic E-state index is 10.7. The van der Waals surface area contributed by atoms with Gasteiger partial charge in [0.05, 0.1) is 5.69 Å². The van der Waals surface area contributed by atoms with Crippen molar-refractivity contribution in [1.82, 2.24) is 9.97 Å². The van der Waals surface area contributed by atoms with Crippen molar-refractivity contribution in [2.75, 3.05) is 37.0 Å². The summed E-state index contributed by atoms with van der Waals surface area (Å²) in [6, 6.07) is 2.09. The fourth-order valence-corrected chi connectivity index (χ4v) is 2.88. The Kier molecular flexibility index (Phi) is 9.31. The highest BCUT2D eigenvalue weighted by atomic mass is 19.4. The summed E-state index contributed by atoms with van der Waals surface area (Å²) in [5, 5.41) is 15.9. The summed E-state index contributed by atoms with van der Waals surface area (Å²) in [6.07, 6.45) is -1.95. The molecular formula is C19H29F3N4O4. The first-order chi connectivity index (χ1) is 13.8. The first-order valence-electron chi connectivity index (χ1n) is 9.64. The van der Waals surface area contributed by atoms with Gasteiger partial charge in [-0.25, -0.2) is 9.78 Å². The topological polar surface area (TPSA) is 107 Å². The quantitative estimate of drug-likeness (QED) is 0.702. The number of carboxylic acid groups (broad SMARTS) is 2. The molecule has 0 radical (unpaired) electrons. The van der Waals surface area contributed by atoms with Gasteiger partial charge in [0, 0.05) is 39.7 Å². The normalized spacial score (nSPS) is 14.9. The first kappa shape index (κ1) is 25.4. The van der Waals surface area contributed by atoms with Gasteiger partial charge in [-0.1, -0.05) is 13.8 Å². The number of anilines is 2. The van der Waals surface area contributed by atoms with Crippen molar-refractivity contribution < 1.29 is 33.0 Å². The minimum Gasteiger partial charge on any atom is -0.481 e. The van der Waals surface area contributed by atoms with E-state index in [1.54, 1.807) is 0 Å². The molecule has 2 N–H and O–H groups in total. The third kappa shape index (κ3) is 8.42. The number of piperidine rings is 1. The number of carboxylic acids is 2. The summed E-state index contributed by atoms with van der Waals surface area (Å²) in [5.74, 6) is -0.832. The molecule has 0 aromatic carbocycles. The molecule has 1 aliphatic heterocycles. The molecule has 0 atom stereocenters. The fourth-order valence-electron chi connectivity index (χ4n) is 2.88. The predicted octanol–water partition coefficient (Wildman–Crippen LogP) is 3.38. The number of carbonyl (C=O) groups is 2. The van der Waals surface area contributed by atoms with E-state index in [2.05, 4.69) is 34.8 Å². The van der Waals surface area contributed by atoms with Gasteiger partial charge in [-0.15, -0.1) is 0 Å². The second-order valence-electron chi connectivity index (χ2n) is 7.67. The lowest BCUT2D eigenvalue weighted by molar-refractivity contribution is -0.192. The van der Waals surface area contributed by atoms with Gasteiger partial charge >= 0.3 is 18.1 Å². The largest absolute Gasteiger partial charge is 0.490 e. The molecule has 8 nitrogen and oxygen atoms in total. The van der Waals surface area contributed by atoms with E-state index in [-0.39, 0.29) is 6.42 Å². The van der Waals surface area contributed by atoms with Crippen molar-refractivity contribution in [2.24, 2.45) is 5.92 Å². The summed E-state index contributed by atoms with van der Waals surface area (Å²) in [5.41, 5.74) is 1.06. The predicted molar refractivity (Wildman–Crippen MR) is 106 cm³/mol. The summed E-state index contributed by atoms with van der Waals surface area (Å²) >= 11 is 0. The monoisotopic (exact) mass is 434 g/mol. The second kappa shape index (κ2) is 11.0. The Balaban J connectivity index is 0.000000553. The maximum atomic E-state index is 10.7. The highest BCUT2D eigenvalue weighted by molar-refractivity contribution is 5.73. The number of rotatable bonds is 6. The van der Waals surface area contributed by atoms with E-state index in [1.165, 1.54) is 0 Å². The molecule has 0 spiro atoms. The zero-order valence-electron chi connectivity index (χ0n) is 17.6.